The molecule has 2 rings (SSSR count). The van der Waals surface area contributed by atoms with Gasteiger partial charge in [-0.1, -0.05) is 0 Å². The maximum Gasteiger partial charge on any atom is 0.407 e. The van der Waals surface area contributed by atoms with Crippen LogP contribution in [-0.2, 0) is 19.1 Å². The molecule has 0 radical (unpaired) electrons. The monoisotopic (exact) mass is 283 g/mol. The molecule has 2 aliphatic rings. The minimum atomic E-state index is -0.850. The van der Waals surface area contributed by atoms with E-state index >= 15 is 0 Å². The molecule has 2 aliphatic heterocycles. The molecule has 0 aliphatic carbocycles. The van der Waals surface area contributed by atoms with Gasteiger partial charge in [-0.3, -0.25) is 14.6 Å². The van der Waals surface area contributed by atoms with Crippen LogP contribution in [0.4, 0.5) is 4.79 Å². The fourth-order valence-electron chi connectivity index (χ4n) is 2.53. The lowest BCUT2D eigenvalue weighted by molar-refractivity contribution is -0.173. The van der Waals surface area contributed by atoms with Gasteiger partial charge in [0.15, 0.2) is 0 Å². The molecule has 1 N–H and O–H groups in total. The van der Waals surface area contributed by atoms with Gasteiger partial charge in [-0.05, 0) is 19.3 Å². The third kappa shape index (κ3) is 2.59. The first-order chi connectivity index (χ1) is 9.58. The number of amides is 3. The van der Waals surface area contributed by atoms with Crippen LogP contribution in [0.15, 0.2) is 0 Å². The largest absolute Gasteiger partial charge is 0.453 e. The number of hydrogen-bond acceptors (Lipinski definition) is 5. The molecule has 3 amide bonds. The van der Waals surface area contributed by atoms with Crippen LogP contribution in [0.1, 0.15) is 25.7 Å². The zero-order valence-electron chi connectivity index (χ0n) is 11.2. The predicted molar refractivity (Wildman–Crippen MR) is 66.2 cm³/mol. The Balaban J connectivity index is 2.24. The summed E-state index contributed by atoms with van der Waals surface area (Å²) in [5.41, 5.74) is 0. The van der Waals surface area contributed by atoms with Gasteiger partial charge in [0.25, 0.3) is 5.91 Å². The Bertz CT molecular complexity index is 439. The number of hydrogen-bond donors (Lipinski definition) is 1. The molecular weight excluding hydrogens is 266 g/mol. The molecule has 110 valence electrons. The van der Waals surface area contributed by atoms with Crippen molar-refractivity contribution in [2.75, 3.05) is 13.7 Å². The lowest BCUT2D eigenvalue weighted by Crippen LogP contribution is -2.60. The standard InChI is InChI=1S/C12H17N3O5/c1-20-12(19)13-9-4-5-10(17)14-6-2-3-8(7-16)15(14)11(9)18/h7-9H,2-6H2,1H3,(H,13,19)/t8-,9-/m0/s1. The van der Waals surface area contributed by atoms with Crippen LogP contribution >= 0.6 is 0 Å². The van der Waals surface area contributed by atoms with Gasteiger partial charge in [0.05, 0.1) is 7.11 Å². The van der Waals surface area contributed by atoms with Crippen molar-refractivity contribution < 1.29 is 23.9 Å². The molecule has 0 aromatic heterocycles. The third-order valence-corrected chi connectivity index (χ3v) is 3.54. The topological polar surface area (TPSA) is 96.0 Å². The van der Waals surface area contributed by atoms with E-state index in [0.717, 1.165) is 0 Å². The van der Waals surface area contributed by atoms with E-state index in [4.69, 9.17) is 0 Å². The molecule has 2 saturated heterocycles. The minimum absolute atomic E-state index is 0.141. The van der Waals surface area contributed by atoms with E-state index in [1.54, 1.807) is 0 Å². The van der Waals surface area contributed by atoms with E-state index in [1.165, 1.54) is 17.1 Å². The highest BCUT2D eigenvalue weighted by atomic mass is 16.5. The molecule has 2 heterocycles. The van der Waals surface area contributed by atoms with Gasteiger partial charge in [0.2, 0.25) is 5.91 Å². The van der Waals surface area contributed by atoms with Crippen LogP contribution < -0.4 is 5.32 Å². The number of carbonyl (C=O) groups excluding carboxylic acids is 4. The molecule has 8 heteroatoms. The van der Waals surface area contributed by atoms with Gasteiger partial charge in [-0.15, -0.1) is 0 Å². The Hall–Kier alpha value is -2.12. The van der Waals surface area contributed by atoms with Crippen molar-refractivity contribution in [2.45, 2.75) is 37.8 Å². The van der Waals surface area contributed by atoms with Crippen LogP contribution in [0.25, 0.3) is 0 Å². The molecule has 2 atom stereocenters. The van der Waals surface area contributed by atoms with Crippen molar-refractivity contribution in [3.63, 3.8) is 0 Å². The summed E-state index contributed by atoms with van der Waals surface area (Å²) in [5, 5.41) is 4.92. The summed E-state index contributed by atoms with van der Waals surface area (Å²) >= 11 is 0. The molecule has 0 aromatic rings. The Morgan fingerprint density at radius 1 is 1.40 bits per heavy atom. The quantitative estimate of drug-likeness (QED) is 0.685. The molecule has 0 bridgehead atoms. The second-order valence-corrected chi connectivity index (χ2v) is 4.77. The lowest BCUT2D eigenvalue weighted by atomic mass is 10.1. The zero-order valence-corrected chi connectivity index (χ0v) is 11.2. The first kappa shape index (κ1) is 14.3. The highest BCUT2D eigenvalue weighted by Crippen LogP contribution is 2.23. The third-order valence-electron chi connectivity index (χ3n) is 3.54. The van der Waals surface area contributed by atoms with Gasteiger partial charge >= 0.3 is 6.09 Å². The second-order valence-electron chi connectivity index (χ2n) is 4.77. The molecule has 0 spiro atoms. The van der Waals surface area contributed by atoms with Gasteiger partial charge < -0.3 is 14.8 Å². The summed E-state index contributed by atoms with van der Waals surface area (Å²) in [7, 11) is 1.20. The second kappa shape index (κ2) is 5.89. The maximum atomic E-state index is 12.4. The van der Waals surface area contributed by atoms with Gasteiger partial charge in [-0.2, -0.15) is 0 Å². The number of hydrazine groups is 1. The van der Waals surface area contributed by atoms with Crippen LogP contribution in [-0.4, -0.2) is 59.9 Å². The fourth-order valence-corrected chi connectivity index (χ4v) is 2.53. The van der Waals surface area contributed by atoms with E-state index in [2.05, 4.69) is 10.1 Å². The van der Waals surface area contributed by atoms with Crippen LogP contribution in [0.5, 0.6) is 0 Å². The number of nitrogens with one attached hydrogen (secondary N) is 1. The van der Waals surface area contributed by atoms with Gasteiger partial charge in [0, 0.05) is 13.0 Å². The van der Waals surface area contributed by atoms with E-state index in [1.807, 2.05) is 0 Å². The number of carbonyl (C=O) groups is 4. The minimum Gasteiger partial charge on any atom is -0.453 e. The van der Waals surface area contributed by atoms with E-state index in [0.29, 0.717) is 25.7 Å². The normalized spacial score (nSPS) is 26.6. The summed E-state index contributed by atoms with van der Waals surface area (Å²) < 4.78 is 4.47. The highest BCUT2D eigenvalue weighted by Gasteiger charge is 2.41. The Labute approximate surface area is 116 Å². The van der Waals surface area contributed by atoms with E-state index in [-0.39, 0.29) is 18.7 Å². The Morgan fingerprint density at radius 2 is 2.15 bits per heavy atom. The van der Waals surface area contributed by atoms with Crippen LogP contribution in [0.2, 0.25) is 0 Å². The number of aldehydes is 1. The summed E-state index contributed by atoms with van der Waals surface area (Å²) in [5.74, 6) is -0.655. The summed E-state index contributed by atoms with van der Waals surface area (Å²) in [6.07, 6.45) is 1.47. The smallest absolute Gasteiger partial charge is 0.407 e. The molecular formula is C12H17N3O5. The van der Waals surface area contributed by atoms with E-state index < -0.39 is 24.1 Å². The number of alkyl carbamates (subject to hydrolysis) is 1. The van der Waals surface area contributed by atoms with Crippen molar-refractivity contribution in [3.05, 3.63) is 0 Å². The van der Waals surface area contributed by atoms with Crippen molar-refractivity contribution in [3.8, 4) is 0 Å². The SMILES string of the molecule is COC(=O)N[C@H]1CCC(=O)N2CCC[C@@H](C=O)N2C1=O. The fraction of sp³-hybridized carbons (Fsp3) is 0.667. The average molecular weight is 283 g/mol. The molecule has 0 unspecified atom stereocenters. The summed E-state index contributed by atoms with van der Waals surface area (Å²) in [6, 6.07) is -1.50. The van der Waals surface area contributed by atoms with Crippen molar-refractivity contribution in [2.24, 2.45) is 0 Å². The number of ether oxygens (including phenoxy) is 1. The summed E-state index contributed by atoms with van der Waals surface area (Å²) in [4.78, 5) is 46.9. The van der Waals surface area contributed by atoms with Crippen molar-refractivity contribution >= 4 is 24.2 Å². The van der Waals surface area contributed by atoms with Gasteiger partial charge in [-0.25, -0.2) is 9.80 Å². The Kier molecular flexibility index (Phi) is 4.21. The Morgan fingerprint density at radius 3 is 2.80 bits per heavy atom. The average Bonchev–Trinajstić information content (AvgIpc) is 2.59. The summed E-state index contributed by atoms with van der Waals surface area (Å²) in [6.45, 7) is 0.417. The molecule has 20 heavy (non-hydrogen) atoms. The maximum absolute atomic E-state index is 12.4. The molecule has 0 aromatic carbocycles. The van der Waals surface area contributed by atoms with Crippen molar-refractivity contribution in [1.82, 2.24) is 15.3 Å². The van der Waals surface area contributed by atoms with Crippen LogP contribution in [0.3, 0.4) is 0 Å². The number of fused-ring (bicyclic) bond motifs is 1. The first-order valence-corrected chi connectivity index (χ1v) is 6.51. The number of nitrogens with zero attached hydrogens (tertiary/aromatic N) is 2. The number of rotatable bonds is 2. The molecule has 2 fully saturated rings. The lowest BCUT2D eigenvalue weighted by Gasteiger charge is -2.41. The first-order valence-electron chi connectivity index (χ1n) is 6.51. The molecule has 8 nitrogen and oxygen atoms in total. The zero-order chi connectivity index (χ0) is 14.7. The van der Waals surface area contributed by atoms with Gasteiger partial charge in [0.1, 0.15) is 18.4 Å². The number of methoxy groups -OCH3 is 1. The molecule has 0 saturated carbocycles. The van der Waals surface area contributed by atoms with E-state index in [9.17, 15) is 19.2 Å². The highest BCUT2D eigenvalue weighted by molar-refractivity contribution is 5.92. The van der Waals surface area contributed by atoms with Crippen molar-refractivity contribution in [1.29, 1.82) is 0 Å². The van der Waals surface area contributed by atoms with Crippen LogP contribution in [0, 0.1) is 0 Å². The predicted octanol–water partition coefficient (Wildman–Crippen LogP) is -0.562.